The fourth-order valence-electron chi connectivity index (χ4n) is 2.64. The van der Waals surface area contributed by atoms with E-state index < -0.39 is 5.97 Å². The molecule has 0 aromatic heterocycles. The minimum Gasteiger partial charge on any atom is -0.493 e. The SMILES string of the molecule is COc1cc(/C=C(\C#N)c2ccc(Cl)cc2)ccc1OC(=O)c1ccc(Cl)cc1Cl. The van der Waals surface area contributed by atoms with Gasteiger partial charge in [-0.2, -0.15) is 5.26 Å². The first-order valence-corrected chi connectivity index (χ1v) is 9.77. The molecule has 0 saturated carbocycles. The van der Waals surface area contributed by atoms with Crippen LogP contribution >= 0.6 is 34.8 Å². The number of halogens is 3. The van der Waals surface area contributed by atoms with E-state index in [1.165, 1.54) is 19.2 Å². The van der Waals surface area contributed by atoms with Gasteiger partial charge in [-0.3, -0.25) is 0 Å². The Morgan fingerprint density at radius 1 is 0.933 bits per heavy atom. The number of esters is 1. The Hall–Kier alpha value is -2.97. The van der Waals surface area contributed by atoms with E-state index in [-0.39, 0.29) is 16.3 Å². The Balaban J connectivity index is 1.88. The van der Waals surface area contributed by atoms with E-state index in [0.717, 1.165) is 5.56 Å². The normalized spacial score (nSPS) is 11.0. The summed E-state index contributed by atoms with van der Waals surface area (Å²) in [7, 11) is 1.46. The lowest BCUT2D eigenvalue weighted by molar-refractivity contribution is 0.0730. The molecule has 0 radical (unpaired) electrons. The van der Waals surface area contributed by atoms with E-state index in [2.05, 4.69) is 6.07 Å². The number of hydrogen-bond acceptors (Lipinski definition) is 4. The van der Waals surface area contributed by atoms with Gasteiger partial charge in [0.15, 0.2) is 11.5 Å². The van der Waals surface area contributed by atoms with Crippen molar-refractivity contribution in [3.8, 4) is 17.6 Å². The highest BCUT2D eigenvalue weighted by Gasteiger charge is 2.16. The Labute approximate surface area is 188 Å². The first-order valence-electron chi connectivity index (χ1n) is 8.64. The molecule has 3 rings (SSSR count). The summed E-state index contributed by atoms with van der Waals surface area (Å²) in [6.07, 6.45) is 1.70. The van der Waals surface area contributed by atoms with E-state index in [1.807, 2.05) is 0 Å². The first-order chi connectivity index (χ1) is 14.4. The fourth-order valence-corrected chi connectivity index (χ4v) is 3.26. The molecule has 0 unspecified atom stereocenters. The highest BCUT2D eigenvalue weighted by Crippen LogP contribution is 2.31. The van der Waals surface area contributed by atoms with E-state index in [4.69, 9.17) is 44.3 Å². The van der Waals surface area contributed by atoms with Crippen LogP contribution in [0, 0.1) is 11.3 Å². The van der Waals surface area contributed by atoms with Crippen LogP contribution in [0.2, 0.25) is 15.1 Å². The molecule has 0 bridgehead atoms. The van der Waals surface area contributed by atoms with Gasteiger partial charge >= 0.3 is 5.97 Å². The number of benzene rings is 3. The molecule has 0 amide bonds. The molecule has 0 N–H and O–H groups in total. The van der Waals surface area contributed by atoms with Gasteiger partial charge in [0, 0.05) is 10.0 Å². The van der Waals surface area contributed by atoms with Crippen molar-refractivity contribution in [2.24, 2.45) is 0 Å². The predicted molar refractivity (Wildman–Crippen MR) is 119 cm³/mol. The Morgan fingerprint density at radius 2 is 1.63 bits per heavy atom. The molecule has 0 spiro atoms. The van der Waals surface area contributed by atoms with E-state index in [9.17, 15) is 10.1 Å². The molecule has 0 aliphatic heterocycles. The maximum atomic E-state index is 12.5. The highest BCUT2D eigenvalue weighted by atomic mass is 35.5. The summed E-state index contributed by atoms with van der Waals surface area (Å²) >= 11 is 17.8. The minimum absolute atomic E-state index is 0.182. The zero-order valence-electron chi connectivity index (χ0n) is 15.7. The lowest BCUT2D eigenvalue weighted by Gasteiger charge is -2.11. The molecule has 0 aliphatic carbocycles. The number of carbonyl (C=O) groups is 1. The topological polar surface area (TPSA) is 59.3 Å². The molecule has 0 aliphatic rings. The third-order valence-corrected chi connectivity index (χ3v) is 4.93. The van der Waals surface area contributed by atoms with Crippen LogP contribution in [0.1, 0.15) is 21.5 Å². The van der Waals surface area contributed by atoms with Gasteiger partial charge < -0.3 is 9.47 Å². The molecule has 150 valence electrons. The molecule has 0 fully saturated rings. The Kier molecular flexibility index (Phi) is 7.02. The van der Waals surface area contributed by atoms with E-state index >= 15 is 0 Å². The lowest BCUT2D eigenvalue weighted by Crippen LogP contribution is -2.10. The number of allylic oxidation sites excluding steroid dienone is 1. The number of hydrogen-bond donors (Lipinski definition) is 0. The van der Waals surface area contributed by atoms with Crippen LogP contribution in [0.3, 0.4) is 0 Å². The molecule has 3 aromatic carbocycles. The standard InChI is InChI=1S/C23H14Cl3NO3/c1-29-22-11-14(10-16(13-27)15-3-5-17(24)6-4-15)2-9-21(22)30-23(28)19-8-7-18(25)12-20(19)26/h2-12H,1H3/b16-10+. The van der Waals surface area contributed by atoms with Gasteiger partial charge in [0.1, 0.15) is 0 Å². The summed E-state index contributed by atoms with van der Waals surface area (Å²) in [6.45, 7) is 0. The van der Waals surface area contributed by atoms with Crippen LogP contribution in [0.4, 0.5) is 0 Å². The maximum absolute atomic E-state index is 12.5. The van der Waals surface area contributed by atoms with Gasteiger partial charge in [0.05, 0.1) is 29.3 Å². The third kappa shape index (κ3) is 5.14. The van der Waals surface area contributed by atoms with Crippen LogP contribution in [-0.2, 0) is 0 Å². The molecule has 3 aromatic rings. The van der Waals surface area contributed by atoms with Crippen LogP contribution in [0.25, 0.3) is 11.6 Å². The average Bonchev–Trinajstić information content (AvgIpc) is 2.73. The van der Waals surface area contributed by atoms with Gasteiger partial charge in [0.2, 0.25) is 0 Å². The average molecular weight is 459 g/mol. The summed E-state index contributed by atoms with van der Waals surface area (Å²) in [5.74, 6) is -0.0941. The minimum atomic E-state index is -0.642. The highest BCUT2D eigenvalue weighted by molar-refractivity contribution is 6.36. The zero-order valence-corrected chi connectivity index (χ0v) is 17.9. The van der Waals surface area contributed by atoms with Gasteiger partial charge in [-0.1, -0.05) is 53.0 Å². The maximum Gasteiger partial charge on any atom is 0.345 e. The van der Waals surface area contributed by atoms with Crippen LogP contribution < -0.4 is 9.47 Å². The monoisotopic (exact) mass is 457 g/mol. The van der Waals surface area contributed by atoms with Crippen molar-refractivity contribution in [3.63, 3.8) is 0 Å². The molecular formula is C23H14Cl3NO3. The first kappa shape index (κ1) is 21.7. The number of nitrogens with zero attached hydrogens (tertiary/aromatic N) is 1. The van der Waals surface area contributed by atoms with Crippen LogP contribution in [0.5, 0.6) is 11.5 Å². The second kappa shape index (κ2) is 9.69. The largest absolute Gasteiger partial charge is 0.493 e. The summed E-state index contributed by atoms with van der Waals surface area (Å²) in [4.78, 5) is 12.5. The second-order valence-corrected chi connectivity index (χ2v) is 7.38. The summed E-state index contributed by atoms with van der Waals surface area (Å²) in [6, 6.07) is 18.6. The fraction of sp³-hybridized carbons (Fsp3) is 0.0435. The molecule has 0 atom stereocenters. The van der Waals surface area contributed by atoms with Gasteiger partial charge in [-0.15, -0.1) is 0 Å². The molecule has 0 saturated heterocycles. The second-order valence-electron chi connectivity index (χ2n) is 6.10. The predicted octanol–water partition coefficient (Wildman–Crippen LogP) is 6.94. The number of nitriles is 1. The van der Waals surface area contributed by atoms with Crippen molar-refractivity contribution in [1.82, 2.24) is 0 Å². The molecular weight excluding hydrogens is 445 g/mol. The van der Waals surface area contributed by atoms with E-state index in [1.54, 1.807) is 54.6 Å². The molecule has 30 heavy (non-hydrogen) atoms. The zero-order chi connectivity index (χ0) is 21.7. The van der Waals surface area contributed by atoms with Crippen molar-refractivity contribution < 1.29 is 14.3 Å². The van der Waals surface area contributed by atoms with Gasteiger partial charge in [0.25, 0.3) is 0 Å². The summed E-state index contributed by atoms with van der Waals surface area (Å²) < 4.78 is 10.8. The molecule has 4 nitrogen and oxygen atoms in total. The number of ether oxygens (including phenoxy) is 2. The van der Waals surface area contributed by atoms with Crippen LogP contribution in [0.15, 0.2) is 60.7 Å². The summed E-state index contributed by atoms with van der Waals surface area (Å²) in [5.41, 5.74) is 2.06. The number of carbonyl (C=O) groups excluding carboxylic acids is 1. The van der Waals surface area contributed by atoms with Crippen molar-refractivity contribution in [3.05, 3.63) is 92.4 Å². The van der Waals surface area contributed by atoms with Gasteiger partial charge in [-0.25, -0.2) is 4.79 Å². The van der Waals surface area contributed by atoms with Crippen LogP contribution in [-0.4, -0.2) is 13.1 Å². The Morgan fingerprint density at radius 3 is 2.27 bits per heavy atom. The third-order valence-electron chi connectivity index (χ3n) is 4.13. The quantitative estimate of drug-likeness (QED) is 0.180. The van der Waals surface area contributed by atoms with Crippen molar-refractivity contribution in [1.29, 1.82) is 5.26 Å². The Bertz CT molecular complexity index is 1170. The smallest absolute Gasteiger partial charge is 0.345 e. The molecule has 0 heterocycles. The van der Waals surface area contributed by atoms with Crippen molar-refractivity contribution >= 4 is 52.4 Å². The van der Waals surface area contributed by atoms with E-state index in [0.29, 0.717) is 26.9 Å². The lowest BCUT2D eigenvalue weighted by atomic mass is 10.0. The van der Waals surface area contributed by atoms with Crippen molar-refractivity contribution in [2.75, 3.05) is 7.11 Å². The molecule has 7 heteroatoms. The number of methoxy groups -OCH3 is 1. The van der Waals surface area contributed by atoms with Gasteiger partial charge in [-0.05, 0) is 59.7 Å². The number of rotatable bonds is 5. The summed E-state index contributed by atoms with van der Waals surface area (Å²) in [5, 5.41) is 10.7. The van der Waals surface area contributed by atoms with Crippen molar-refractivity contribution in [2.45, 2.75) is 0 Å².